The maximum absolute atomic E-state index is 13.6. The molecule has 4 heteroatoms. The van der Waals surface area contributed by atoms with Crippen molar-refractivity contribution >= 4 is 17.2 Å². The molecule has 4 aromatic rings. The van der Waals surface area contributed by atoms with E-state index in [4.69, 9.17) is 4.74 Å². The molecule has 1 heterocycles. The molecule has 0 bridgehead atoms. The van der Waals surface area contributed by atoms with Crippen molar-refractivity contribution in [2.24, 2.45) is 0 Å². The van der Waals surface area contributed by atoms with Crippen molar-refractivity contribution in [3.8, 4) is 5.75 Å². The van der Waals surface area contributed by atoms with Crippen molar-refractivity contribution in [1.82, 2.24) is 4.90 Å². The number of hydrogen-bond acceptors (Lipinski definition) is 3. The fourth-order valence-corrected chi connectivity index (χ4v) is 5.01. The van der Waals surface area contributed by atoms with Crippen molar-refractivity contribution < 1.29 is 9.53 Å². The number of rotatable bonds is 9. The molecule has 0 spiro atoms. The molecule has 0 radical (unpaired) electrons. The highest BCUT2D eigenvalue weighted by Gasteiger charge is 2.21. The largest absolute Gasteiger partial charge is 0.497 e. The summed E-state index contributed by atoms with van der Waals surface area (Å²) in [5.74, 6) is 1.02. The number of methoxy groups -OCH3 is 1. The summed E-state index contributed by atoms with van der Waals surface area (Å²) in [6.07, 6.45) is 0.848. The molecule has 0 aliphatic heterocycles. The van der Waals surface area contributed by atoms with Gasteiger partial charge in [0, 0.05) is 22.9 Å². The summed E-state index contributed by atoms with van der Waals surface area (Å²) in [6.45, 7) is 3.39. The van der Waals surface area contributed by atoms with Crippen LogP contribution in [0.15, 0.2) is 96.4 Å². The highest BCUT2D eigenvalue weighted by Crippen LogP contribution is 2.29. The van der Waals surface area contributed by atoms with E-state index in [1.54, 1.807) is 18.4 Å². The van der Waals surface area contributed by atoms with Gasteiger partial charge in [0.05, 0.1) is 13.7 Å². The Morgan fingerprint density at radius 2 is 1.48 bits per heavy atom. The maximum atomic E-state index is 13.6. The van der Waals surface area contributed by atoms with Gasteiger partial charge in [-0.2, -0.15) is 0 Å². The van der Waals surface area contributed by atoms with Gasteiger partial charge in [0.15, 0.2) is 0 Å². The second kappa shape index (κ2) is 11.0. The summed E-state index contributed by atoms with van der Waals surface area (Å²) in [7, 11) is 1.63. The van der Waals surface area contributed by atoms with Gasteiger partial charge in [0.1, 0.15) is 5.75 Å². The van der Waals surface area contributed by atoms with Gasteiger partial charge in [0.25, 0.3) is 5.91 Å². The molecule has 1 amide bonds. The van der Waals surface area contributed by atoms with E-state index in [-0.39, 0.29) is 11.8 Å². The molecule has 33 heavy (non-hydrogen) atoms. The standard InChI is InChI=1S/C29H29NO2S/c1-22-18-20-33-28(22)21-30(29(31)25-13-15-26(32-2)16-14-25)19-17-27(23-9-5-3-6-10-23)24-11-7-4-8-12-24/h3-16,18,20,27H,17,19,21H2,1-2H3. The quantitative estimate of drug-likeness (QED) is 0.274. The first kappa shape index (κ1) is 22.8. The summed E-state index contributed by atoms with van der Waals surface area (Å²) in [5.41, 5.74) is 4.46. The van der Waals surface area contributed by atoms with Crippen LogP contribution in [0.5, 0.6) is 5.75 Å². The van der Waals surface area contributed by atoms with Crippen molar-refractivity contribution in [2.75, 3.05) is 13.7 Å². The Kier molecular flexibility index (Phi) is 7.59. The Labute approximate surface area is 200 Å². The predicted molar refractivity (Wildman–Crippen MR) is 136 cm³/mol. The van der Waals surface area contributed by atoms with Crippen LogP contribution >= 0.6 is 11.3 Å². The number of carbonyl (C=O) groups is 1. The molecule has 4 rings (SSSR count). The van der Waals surface area contributed by atoms with E-state index < -0.39 is 0 Å². The first-order valence-electron chi connectivity index (χ1n) is 11.2. The average Bonchev–Trinajstić information content (AvgIpc) is 3.28. The lowest BCUT2D eigenvalue weighted by atomic mass is 9.88. The van der Waals surface area contributed by atoms with E-state index in [1.165, 1.54) is 21.6 Å². The maximum Gasteiger partial charge on any atom is 0.254 e. The lowest BCUT2D eigenvalue weighted by Crippen LogP contribution is -2.32. The fraction of sp³-hybridized carbons (Fsp3) is 0.207. The van der Waals surface area contributed by atoms with Crippen molar-refractivity contribution in [3.05, 3.63) is 124 Å². The Morgan fingerprint density at radius 3 is 2.00 bits per heavy atom. The normalized spacial score (nSPS) is 10.9. The van der Waals surface area contributed by atoms with Gasteiger partial charge in [-0.15, -0.1) is 11.3 Å². The first-order valence-corrected chi connectivity index (χ1v) is 12.1. The molecule has 0 saturated heterocycles. The lowest BCUT2D eigenvalue weighted by molar-refractivity contribution is 0.0740. The minimum Gasteiger partial charge on any atom is -0.497 e. The molecule has 1 aromatic heterocycles. The van der Waals surface area contributed by atoms with Gasteiger partial charge in [-0.3, -0.25) is 4.79 Å². The molecule has 3 nitrogen and oxygen atoms in total. The second-order valence-corrected chi connectivity index (χ2v) is 9.15. The van der Waals surface area contributed by atoms with Gasteiger partial charge in [-0.1, -0.05) is 60.7 Å². The molecule has 3 aromatic carbocycles. The van der Waals surface area contributed by atoms with Crippen LogP contribution in [0.4, 0.5) is 0 Å². The summed E-state index contributed by atoms with van der Waals surface area (Å²) < 4.78 is 5.26. The zero-order chi connectivity index (χ0) is 23.0. The highest BCUT2D eigenvalue weighted by molar-refractivity contribution is 7.10. The fourth-order valence-electron chi connectivity index (χ4n) is 4.09. The van der Waals surface area contributed by atoms with Crippen LogP contribution < -0.4 is 4.74 Å². The average molecular weight is 456 g/mol. The summed E-state index contributed by atoms with van der Waals surface area (Å²) >= 11 is 1.71. The van der Waals surface area contributed by atoms with Crippen LogP contribution in [0.25, 0.3) is 0 Å². The van der Waals surface area contributed by atoms with E-state index in [0.717, 1.165) is 12.2 Å². The number of hydrogen-bond donors (Lipinski definition) is 0. The van der Waals surface area contributed by atoms with Gasteiger partial charge < -0.3 is 9.64 Å². The van der Waals surface area contributed by atoms with E-state index in [1.807, 2.05) is 41.3 Å². The minimum atomic E-state index is 0.0466. The molecule has 0 unspecified atom stereocenters. The third-order valence-corrected chi connectivity index (χ3v) is 7.03. The first-order chi connectivity index (χ1) is 16.2. The highest BCUT2D eigenvalue weighted by atomic mass is 32.1. The van der Waals surface area contributed by atoms with Crippen LogP contribution in [0, 0.1) is 6.92 Å². The van der Waals surface area contributed by atoms with E-state index in [2.05, 4.69) is 66.9 Å². The molecule has 168 valence electrons. The Hall–Kier alpha value is -3.37. The topological polar surface area (TPSA) is 29.5 Å². The van der Waals surface area contributed by atoms with Crippen LogP contribution in [0.1, 0.15) is 44.3 Å². The Morgan fingerprint density at radius 1 is 0.879 bits per heavy atom. The molecule has 0 aliphatic rings. The van der Waals surface area contributed by atoms with E-state index in [9.17, 15) is 4.79 Å². The monoisotopic (exact) mass is 455 g/mol. The molecule has 0 aliphatic carbocycles. The lowest BCUT2D eigenvalue weighted by Gasteiger charge is -2.26. The molecule has 0 saturated carbocycles. The van der Waals surface area contributed by atoms with Crippen molar-refractivity contribution in [2.45, 2.75) is 25.8 Å². The van der Waals surface area contributed by atoms with Crippen LogP contribution in [0.3, 0.4) is 0 Å². The molecule has 0 atom stereocenters. The van der Waals surface area contributed by atoms with Crippen molar-refractivity contribution in [1.29, 1.82) is 0 Å². The van der Waals surface area contributed by atoms with Crippen LogP contribution in [-0.4, -0.2) is 24.5 Å². The van der Waals surface area contributed by atoms with Gasteiger partial charge >= 0.3 is 0 Å². The van der Waals surface area contributed by atoms with Gasteiger partial charge in [0.2, 0.25) is 0 Å². The van der Waals surface area contributed by atoms with Crippen molar-refractivity contribution in [3.63, 3.8) is 0 Å². The van der Waals surface area contributed by atoms with Gasteiger partial charge in [-0.25, -0.2) is 0 Å². The Bertz CT molecular complexity index is 1110. The summed E-state index contributed by atoms with van der Waals surface area (Å²) in [5, 5.41) is 2.09. The number of nitrogens with zero attached hydrogens (tertiary/aromatic N) is 1. The summed E-state index contributed by atoms with van der Waals surface area (Å²) in [6, 6.07) is 30.6. The van der Waals surface area contributed by atoms with Gasteiger partial charge in [-0.05, 0) is 65.7 Å². The second-order valence-electron chi connectivity index (χ2n) is 8.14. The van der Waals surface area contributed by atoms with E-state index >= 15 is 0 Å². The Balaban J connectivity index is 1.60. The zero-order valence-corrected chi connectivity index (χ0v) is 19.9. The summed E-state index contributed by atoms with van der Waals surface area (Å²) in [4.78, 5) is 16.8. The minimum absolute atomic E-state index is 0.0466. The third-order valence-electron chi connectivity index (χ3n) is 6.02. The number of aryl methyl sites for hydroxylation is 1. The number of thiophene rings is 1. The van der Waals surface area contributed by atoms with E-state index in [0.29, 0.717) is 18.7 Å². The van der Waals surface area contributed by atoms with Crippen LogP contribution in [-0.2, 0) is 6.54 Å². The smallest absolute Gasteiger partial charge is 0.254 e. The number of ether oxygens (including phenoxy) is 1. The number of carbonyl (C=O) groups excluding carboxylic acids is 1. The number of amides is 1. The molecule has 0 N–H and O–H groups in total. The molecular weight excluding hydrogens is 426 g/mol. The zero-order valence-electron chi connectivity index (χ0n) is 19.1. The predicted octanol–water partition coefficient (Wildman–Crippen LogP) is 6.93. The molecular formula is C29H29NO2S. The SMILES string of the molecule is COc1ccc(C(=O)N(CCC(c2ccccc2)c2ccccc2)Cc2sccc2C)cc1. The third kappa shape index (κ3) is 5.71. The number of benzene rings is 3. The van der Waals surface area contributed by atoms with Crippen LogP contribution in [0.2, 0.25) is 0 Å². The molecule has 0 fully saturated rings.